The minimum absolute atomic E-state index is 0.282. The van der Waals surface area contributed by atoms with E-state index in [-0.39, 0.29) is 5.91 Å². The Kier molecular flexibility index (Phi) is 9.83. The van der Waals surface area contributed by atoms with Crippen LogP contribution in [0.4, 0.5) is 0 Å². The predicted molar refractivity (Wildman–Crippen MR) is 72.7 cm³/mol. The van der Waals surface area contributed by atoms with E-state index < -0.39 is 0 Å². The molecule has 1 aliphatic heterocycles. The summed E-state index contributed by atoms with van der Waals surface area (Å²) in [5, 5.41) is 3.19. The van der Waals surface area contributed by atoms with Crippen LogP contribution in [0.2, 0.25) is 0 Å². The van der Waals surface area contributed by atoms with E-state index in [0.717, 1.165) is 13.1 Å². The molecule has 1 rings (SSSR count). The zero-order chi connectivity index (χ0) is 12.4. The summed E-state index contributed by atoms with van der Waals surface area (Å²) in [6.45, 7) is 11.1. The first-order valence-corrected chi connectivity index (χ1v) is 7.33. The van der Waals surface area contributed by atoms with Crippen molar-refractivity contribution in [3.63, 3.8) is 0 Å². The Hall–Kier alpha value is -0.220. The van der Waals surface area contributed by atoms with Gasteiger partial charge < -0.3 is 10.2 Å². The van der Waals surface area contributed by atoms with Gasteiger partial charge in [0.2, 0.25) is 5.91 Å². The van der Waals surface area contributed by atoms with Crippen LogP contribution in [-0.4, -0.2) is 42.1 Å². The number of carbonyl (C=O) groups excluding carboxylic acids is 1. The monoisotopic (exact) mass is 246 g/mol. The van der Waals surface area contributed by atoms with E-state index >= 15 is 0 Å². The van der Waals surface area contributed by atoms with Gasteiger partial charge in [0.25, 0.3) is 0 Å². The molecule has 0 radical (unpaired) electrons. The van der Waals surface area contributed by atoms with Gasteiger partial charge in [-0.2, -0.15) is 0 Å². The average molecular weight is 246 g/mol. The van der Waals surface area contributed by atoms with Crippen molar-refractivity contribution in [2.45, 2.75) is 34.1 Å². The Morgan fingerprint density at radius 1 is 1.38 bits per heavy atom. The molecule has 4 heteroatoms. The third-order valence-electron chi connectivity index (χ3n) is 2.33. The molecule has 1 saturated heterocycles. The van der Waals surface area contributed by atoms with E-state index in [2.05, 4.69) is 19.2 Å². The molecule has 16 heavy (non-hydrogen) atoms. The molecule has 0 aliphatic carbocycles. The molecule has 3 nitrogen and oxygen atoms in total. The molecule has 0 saturated carbocycles. The summed E-state index contributed by atoms with van der Waals surface area (Å²) in [7, 11) is 0. The summed E-state index contributed by atoms with van der Waals surface area (Å²) in [4.78, 5) is 13.2. The van der Waals surface area contributed by atoms with Crippen LogP contribution >= 0.6 is 11.8 Å². The first-order valence-electron chi connectivity index (χ1n) is 6.18. The fourth-order valence-corrected chi connectivity index (χ4v) is 2.14. The lowest BCUT2D eigenvalue weighted by Crippen LogP contribution is -2.31. The van der Waals surface area contributed by atoms with Gasteiger partial charge in [0.1, 0.15) is 0 Å². The fraction of sp³-hybridized carbons (Fsp3) is 0.917. The molecule has 0 atom stereocenters. The van der Waals surface area contributed by atoms with E-state index in [1.54, 1.807) is 0 Å². The topological polar surface area (TPSA) is 32.3 Å². The van der Waals surface area contributed by atoms with Crippen molar-refractivity contribution < 1.29 is 4.79 Å². The van der Waals surface area contributed by atoms with Gasteiger partial charge in [-0.3, -0.25) is 4.79 Å². The second kappa shape index (κ2) is 9.97. The Morgan fingerprint density at radius 3 is 2.25 bits per heavy atom. The molecule has 0 unspecified atom stereocenters. The van der Waals surface area contributed by atoms with Gasteiger partial charge >= 0.3 is 0 Å². The lowest BCUT2D eigenvalue weighted by molar-refractivity contribution is -0.131. The Bertz CT molecular complexity index is 170. The minimum atomic E-state index is 0.282. The van der Waals surface area contributed by atoms with E-state index in [4.69, 9.17) is 0 Å². The van der Waals surface area contributed by atoms with Crippen molar-refractivity contribution in [3.05, 3.63) is 0 Å². The first kappa shape index (κ1) is 15.8. The average Bonchev–Trinajstić information content (AvgIpc) is 2.76. The zero-order valence-corrected chi connectivity index (χ0v) is 11.9. The number of carbonyl (C=O) groups is 1. The number of hydrogen-bond acceptors (Lipinski definition) is 3. The number of nitrogens with zero attached hydrogens (tertiary/aromatic N) is 1. The van der Waals surface area contributed by atoms with E-state index in [1.165, 1.54) is 18.2 Å². The highest BCUT2D eigenvalue weighted by molar-refractivity contribution is 7.99. The smallest absolute Gasteiger partial charge is 0.222 e. The summed E-state index contributed by atoms with van der Waals surface area (Å²) in [6, 6.07) is 0. The second-order valence-corrected chi connectivity index (χ2v) is 5.32. The number of thioether (sulfide) groups is 1. The van der Waals surface area contributed by atoms with Crippen molar-refractivity contribution in [3.8, 4) is 0 Å². The summed E-state index contributed by atoms with van der Waals surface area (Å²) in [6.07, 6.45) is 0.682. The van der Waals surface area contributed by atoms with Gasteiger partial charge in [-0.15, -0.1) is 11.8 Å². The molecule has 96 valence electrons. The van der Waals surface area contributed by atoms with Crippen molar-refractivity contribution >= 4 is 17.7 Å². The zero-order valence-electron chi connectivity index (χ0n) is 11.1. The van der Waals surface area contributed by atoms with Crippen LogP contribution in [-0.2, 0) is 4.79 Å². The standard InChI is InChI=1S/C9H19NO.C3H7NS/c1-5-10(6-2)9(11)7-8(3)4;1-2-5-3-4-1/h8H,5-7H2,1-4H3;4H,1-3H2. The molecule has 0 aromatic heterocycles. The number of nitrogens with one attached hydrogen (secondary N) is 1. The van der Waals surface area contributed by atoms with E-state index in [1.807, 2.05) is 30.5 Å². The van der Waals surface area contributed by atoms with Gasteiger partial charge in [0.05, 0.1) is 0 Å². The van der Waals surface area contributed by atoms with Crippen LogP contribution in [0, 0.1) is 5.92 Å². The first-order chi connectivity index (χ1) is 7.61. The Morgan fingerprint density at radius 2 is 2.00 bits per heavy atom. The van der Waals surface area contributed by atoms with Gasteiger partial charge in [-0.25, -0.2) is 0 Å². The maximum Gasteiger partial charge on any atom is 0.222 e. The maximum absolute atomic E-state index is 11.3. The van der Waals surface area contributed by atoms with Crippen molar-refractivity contribution in [2.24, 2.45) is 5.92 Å². The third-order valence-corrected chi connectivity index (χ3v) is 3.23. The molecule has 0 aromatic carbocycles. The summed E-state index contributed by atoms with van der Waals surface area (Å²) >= 11 is 1.96. The quantitative estimate of drug-likeness (QED) is 0.825. The molecule has 1 heterocycles. The molecule has 0 aromatic rings. The van der Waals surface area contributed by atoms with Crippen LogP contribution in [0.5, 0.6) is 0 Å². The molecule has 0 bridgehead atoms. The number of rotatable bonds is 4. The van der Waals surface area contributed by atoms with Crippen LogP contribution in [0.15, 0.2) is 0 Å². The highest BCUT2D eigenvalue weighted by atomic mass is 32.2. The van der Waals surface area contributed by atoms with Gasteiger partial charge in [-0.1, -0.05) is 13.8 Å². The molecular weight excluding hydrogens is 220 g/mol. The third kappa shape index (κ3) is 7.99. The number of hydrogen-bond donors (Lipinski definition) is 1. The van der Waals surface area contributed by atoms with Crippen molar-refractivity contribution in [1.29, 1.82) is 0 Å². The van der Waals surface area contributed by atoms with Crippen molar-refractivity contribution in [1.82, 2.24) is 10.2 Å². The van der Waals surface area contributed by atoms with E-state index in [9.17, 15) is 4.79 Å². The van der Waals surface area contributed by atoms with Crippen LogP contribution < -0.4 is 5.32 Å². The van der Waals surface area contributed by atoms with Crippen LogP contribution in [0.25, 0.3) is 0 Å². The summed E-state index contributed by atoms with van der Waals surface area (Å²) in [5.41, 5.74) is 0. The minimum Gasteiger partial charge on any atom is -0.343 e. The van der Waals surface area contributed by atoms with Crippen LogP contribution in [0.3, 0.4) is 0 Å². The summed E-state index contributed by atoms with van der Waals surface area (Å²) in [5.74, 6) is 3.23. The van der Waals surface area contributed by atoms with Gasteiger partial charge in [0, 0.05) is 37.7 Å². The second-order valence-electron chi connectivity index (χ2n) is 4.22. The molecule has 1 N–H and O–H groups in total. The lowest BCUT2D eigenvalue weighted by Gasteiger charge is -2.19. The highest BCUT2D eigenvalue weighted by Gasteiger charge is 2.10. The normalized spacial score (nSPS) is 14.6. The van der Waals surface area contributed by atoms with E-state index in [0.29, 0.717) is 12.3 Å². The molecular formula is C12H26N2OS. The SMILES string of the molecule is C1CSCN1.CCN(CC)C(=O)CC(C)C. The highest BCUT2D eigenvalue weighted by Crippen LogP contribution is 2.03. The molecule has 1 amide bonds. The molecule has 0 spiro atoms. The Balaban J connectivity index is 0.000000368. The maximum atomic E-state index is 11.3. The fourth-order valence-electron chi connectivity index (χ4n) is 1.42. The van der Waals surface area contributed by atoms with Gasteiger partial charge in [-0.05, 0) is 19.8 Å². The Labute approximate surface area is 104 Å². The number of amides is 1. The van der Waals surface area contributed by atoms with Crippen molar-refractivity contribution in [2.75, 3.05) is 31.3 Å². The summed E-state index contributed by atoms with van der Waals surface area (Å²) < 4.78 is 0. The lowest BCUT2D eigenvalue weighted by atomic mass is 10.1. The van der Waals surface area contributed by atoms with Gasteiger partial charge in [0.15, 0.2) is 0 Å². The predicted octanol–water partition coefficient (Wildman–Crippen LogP) is 2.18. The largest absolute Gasteiger partial charge is 0.343 e. The van der Waals surface area contributed by atoms with Crippen LogP contribution in [0.1, 0.15) is 34.1 Å². The molecule has 1 fully saturated rings. The molecule has 1 aliphatic rings.